The smallest absolute Gasteiger partial charge is 0.273 e. The van der Waals surface area contributed by atoms with E-state index in [0.717, 1.165) is 16.7 Å². The first-order chi connectivity index (χ1) is 16.9. The van der Waals surface area contributed by atoms with Crippen LogP contribution in [-0.4, -0.2) is 34.4 Å². The quantitative estimate of drug-likeness (QED) is 0.343. The highest BCUT2D eigenvalue weighted by molar-refractivity contribution is 7.14. The summed E-state index contributed by atoms with van der Waals surface area (Å²) in [7, 11) is 0. The van der Waals surface area contributed by atoms with Crippen LogP contribution in [0.1, 0.15) is 35.9 Å². The molecule has 0 radical (unpaired) electrons. The number of rotatable bonds is 8. The Labute approximate surface area is 205 Å². The zero-order valence-corrected chi connectivity index (χ0v) is 19.9. The number of thiazole rings is 1. The van der Waals surface area contributed by atoms with Gasteiger partial charge in [-0.3, -0.25) is 14.4 Å². The summed E-state index contributed by atoms with van der Waals surface area (Å²) in [4.78, 5) is 40.3. The van der Waals surface area contributed by atoms with E-state index in [1.807, 2.05) is 66.9 Å². The highest BCUT2D eigenvalue weighted by atomic mass is 32.1. The number of nitrogens with zero attached hydrogens (tertiary/aromatic N) is 2. The largest absolute Gasteiger partial charge is 0.355 e. The second kappa shape index (κ2) is 10.7. The summed E-state index contributed by atoms with van der Waals surface area (Å²) in [5.41, 5.74) is 3.46. The van der Waals surface area contributed by atoms with E-state index < -0.39 is 11.8 Å². The number of carbonyl (C=O) groups is 3. The second-order valence-corrected chi connectivity index (χ2v) is 8.61. The summed E-state index contributed by atoms with van der Waals surface area (Å²) in [5.74, 6) is -0.547. The minimum absolute atomic E-state index is 0.0874. The molecule has 3 N–H and O–H groups in total. The fourth-order valence-corrected chi connectivity index (χ4v) is 4.07. The van der Waals surface area contributed by atoms with Gasteiger partial charge in [0.2, 0.25) is 11.8 Å². The molecule has 2 aromatic carbocycles. The first kappa shape index (κ1) is 23.8. The molecular formula is C25H23N5O4S. The van der Waals surface area contributed by atoms with Gasteiger partial charge in [-0.1, -0.05) is 59.8 Å². The lowest BCUT2D eigenvalue weighted by Crippen LogP contribution is -2.33. The molecule has 0 bridgehead atoms. The fraction of sp³-hybridized carbons (Fsp3) is 0.160. The number of carbonyl (C=O) groups excluding carboxylic acids is 3. The zero-order chi connectivity index (χ0) is 24.8. The predicted molar refractivity (Wildman–Crippen MR) is 133 cm³/mol. The standard InChI is InChI=1S/C25H23N5O4S/c1-15(27-16(2)31)17-8-10-18(11-9-17)21-14-35-25(28-21)29-23(32)13-26-24(33)20-12-22(34-30-20)19-6-4-3-5-7-19/h3-12,14-15H,13H2,1-2H3,(H,26,33)(H,27,31)(H,28,29,32). The predicted octanol–water partition coefficient (Wildman–Crippen LogP) is 4.03. The Morgan fingerprint density at radius 2 is 1.77 bits per heavy atom. The Balaban J connectivity index is 1.29. The molecule has 3 amide bonds. The van der Waals surface area contributed by atoms with Gasteiger partial charge in [0.05, 0.1) is 18.3 Å². The van der Waals surface area contributed by atoms with E-state index in [9.17, 15) is 14.4 Å². The third-order valence-electron chi connectivity index (χ3n) is 5.09. The van der Waals surface area contributed by atoms with Gasteiger partial charge in [-0.15, -0.1) is 11.3 Å². The number of hydrogen-bond donors (Lipinski definition) is 3. The molecule has 0 aliphatic rings. The number of aromatic nitrogens is 2. The van der Waals surface area contributed by atoms with Gasteiger partial charge in [0.1, 0.15) is 0 Å². The molecule has 9 nitrogen and oxygen atoms in total. The van der Waals surface area contributed by atoms with Crippen molar-refractivity contribution in [2.75, 3.05) is 11.9 Å². The summed E-state index contributed by atoms with van der Waals surface area (Å²) in [6.07, 6.45) is 0. The van der Waals surface area contributed by atoms with E-state index in [4.69, 9.17) is 4.52 Å². The Morgan fingerprint density at radius 1 is 1.03 bits per heavy atom. The zero-order valence-electron chi connectivity index (χ0n) is 19.1. The Kier molecular flexibility index (Phi) is 7.32. The van der Waals surface area contributed by atoms with Crippen molar-refractivity contribution in [2.45, 2.75) is 19.9 Å². The Morgan fingerprint density at radius 3 is 2.49 bits per heavy atom. The van der Waals surface area contributed by atoms with Crippen LogP contribution >= 0.6 is 11.3 Å². The minimum Gasteiger partial charge on any atom is -0.355 e. The van der Waals surface area contributed by atoms with Crippen LogP contribution in [-0.2, 0) is 9.59 Å². The van der Waals surface area contributed by atoms with Crippen LogP contribution in [0.2, 0.25) is 0 Å². The molecule has 35 heavy (non-hydrogen) atoms. The van der Waals surface area contributed by atoms with E-state index in [2.05, 4.69) is 26.1 Å². The van der Waals surface area contributed by atoms with Gasteiger partial charge in [0.15, 0.2) is 16.6 Å². The molecule has 4 aromatic rings. The maximum absolute atomic E-state index is 12.3. The summed E-state index contributed by atoms with van der Waals surface area (Å²) in [6, 6.07) is 18.4. The summed E-state index contributed by atoms with van der Waals surface area (Å²) >= 11 is 1.28. The van der Waals surface area contributed by atoms with Gasteiger partial charge in [0, 0.05) is 29.5 Å². The molecule has 0 spiro atoms. The molecule has 0 aliphatic heterocycles. The average molecular weight is 490 g/mol. The number of hydrogen-bond acceptors (Lipinski definition) is 7. The van der Waals surface area contributed by atoms with Crippen molar-refractivity contribution >= 4 is 34.2 Å². The first-order valence-corrected chi connectivity index (χ1v) is 11.7. The van der Waals surface area contributed by atoms with Crippen LogP contribution in [0.4, 0.5) is 5.13 Å². The molecule has 4 rings (SSSR count). The van der Waals surface area contributed by atoms with E-state index in [1.54, 1.807) is 0 Å². The van der Waals surface area contributed by atoms with Crippen LogP contribution in [0, 0.1) is 0 Å². The maximum Gasteiger partial charge on any atom is 0.273 e. The topological polar surface area (TPSA) is 126 Å². The normalized spacial score (nSPS) is 11.5. The lowest BCUT2D eigenvalue weighted by molar-refractivity contribution is -0.119. The van der Waals surface area contributed by atoms with Crippen LogP contribution in [0.3, 0.4) is 0 Å². The Bertz CT molecular complexity index is 1330. The highest BCUT2D eigenvalue weighted by Gasteiger charge is 2.15. The van der Waals surface area contributed by atoms with Crippen molar-refractivity contribution in [3.63, 3.8) is 0 Å². The van der Waals surface area contributed by atoms with Crippen molar-refractivity contribution in [3.05, 3.63) is 77.3 Å². The van der Waals surface area contributed by atoms with Gasteiger partial charge >= 0.3 is 0 Å². The first-order valence-electron chi connectivity index (χ1n) is 10.8. The third-order valence-corrected chi connectivity index (χ3v) is 5.85. The number of benzene rings is 2. The molecular weight excluding hydrogens is 466 g/mol. The van der Waals surface area contributed by atoms with Gasteiger partial charge < -0.3 is 20.5 Å². The van der Waals surface area contributed by atoms with Crippen molar-refractivity contribution in [2.24, 2.45) is 0 Å². The van der Waals surface area contributed by atoms with Gasteiger partial charge in [-0.25, -0.2) is 4.98 Å². The van der Waals surface area contributed by atoms with Crippen molar-refractivity contribution in [1.29, 1.82) is 0 Å². The summed E-state index contributed by atoms with van der Waals surface area (Å²) in [5, 5.41) is 14.1. The van der Waals surface area contributed by atoms with Crippen LogP contribution < -0.4 is 16.0 Å². The molecule has 2 heterocycles. The lowest BCUT2D eigenvalue weighted by Gasteiger charge is -2.13. The number of nitrogens with one attached hydrogen (secondary N) is 3. The van der Waals surface area contributed by atoms with E-state index in [-0.39, 0.29) is 24.2 Å². The van der Waals surface area contributed by atoms with Gasteiger partial charge in [-0.2, -0.15) is 0 Å². The fourth-order valence-electron chi connectivity index (χ4n) is 3.33. The monoisotopic (exact) mass is 489 g/mol. The molecule has 1 atom stereocenters. The molecule has 2 aromatic heterocycles. The Hall–Kier alpha value is -4.31. The van der Waals surface area contributed by atoms with Crippen molar-refractivity contribution in [3.8, 4) is 22.6 Å². The SMILES string of the molecule is CC(=O)NC(C)c1ccc(-c2csc(NC(=O)CNC(=O)c3cc(-c4ccccc4)on3)n2)cc1. The molecule has 178 valence electrons. The number of anilines is 1. The van der Waals surface area contributed by atoms with E-state index in [0.29, 0.717) is 16.6 Å². The molecule has 0 fully saturated rings. The highest BCUT2D eigenvalue weighted by Crippen LogP contribution is 2.26. The maximum atomic E-state index is 12.3. The van der Waals surface area contributed by atoms with Crippen LogP contribution in [0.25, 0.3) is 22.6 Å². The molecule has 0 saturated carbocycles. The summed E-state index contributed by atoms with van der Waals surface area (Å²) < 4.78 is 5.22. The van der Waals surface area contributed by atoms with Crippen molar-refractivity contribution < 1.29 is 18.9 Å². The van der Waals surface area contributed by atoms with Gasteiger partial charge in [-0.05, 0) is 12.5 Å². The van der Waals surface area contributed by atoms with Gasteiger partial charge in [0.25, 0.3) is 5.91 Å². The molecule has 0 aliphatic carbocycles. The minimum atomic E-state index is -0.514. The van der Waals surface area contributed by atoms with Crippen molar-refractivity contribution in [1.82, 2.24) is 20.8 Å². The number of amides is 3. The van der Waals surface area contributed by atoms with Crippen LogP contribution in [0.15, 0.2) is 70.6 Å². The molecule has 0 saturated heterocycles. The van der Waals surface area contributed by atoms with E-state index >= 15 is 0 Å². The molecule has 1 unspecified atom stereocenters. The lowest BCUT2D eigenvalue weighted by atomic mass is 10.1. The van der Waals surface area contributed by atoms with E-state index in [1.165, 1.54) is 24.3 Å². The summed E-state index contributed by atoms with van der Waals surface area (Å²) in [6.45, 7) is 3.16. The average Bonchev–Trinajstić information content (AvgIpc) is 3.53. The third kappa shape index (κ3) is 6.18. The second-order valence-electron chi connectivity index (χ2n) is 7.76. The van der Waals surface area contributed by atoms with Crippen LogP contribution in [0.5, 0.6) is 0 Å². The molecule has 10 heteroatoms.